The molecule has 0 aromatic carbocycles. The van der Waals surface area contributed by atoms with Crippen LogP contribution in [-0.4, -0.2) is 11.1 Å². The smallest absolute Gasteiger partial charge is 0.213 e. The zero-order valence-electron chi connectivity index (χ0n) is 12.0. The molecule has 1 heterocycles. The van der Waals surface area contributed by atoms with E-state index in [2.05, 4.69) is 11.9 Å². The summed E-state index contributed by atoms with van der Waals surface area (Å²) in [7, 11) is 0. The standard InChI is InChI=1S/C11H15NO.2C2H6/c1-2-9-6-7-12-11(8-9)13-10-4-3-5-10;2*1-2/h6-8,10H,2-5H2,1H3;2*1-2H3. The summed E-state index contributed by atoms with van der Waals surface area (Å²) < 4.78 is 5.68. The Kier molecular flexibility index (Phi) is 9.50. The molecule has 0 aliphatic heterocycles. The van der Waals surface area contributed by atoms with Crippen molar-refractivity contribution in [1.29, 1.82) is 0 Å². The number of ether oxygens (including phenoxy) is 1. The molecule has 17 heavy (non-hydrogen) atoms. The van der Waals surface area contributed by atoms with Crippen LogP contribution < -0.4 is 4.74 Å². The maximum absolute atomic E-state index is 5.68. The van der Waals surface area contributed by atoms with Gasteiger partial charge in [0.1, 0.15) is 6.10 Å². The highest BCUT2D eigenvalue weighted by atomic mass is 16.5. The lowest BCUT2D eigenvalue weighted by molar-refractivity contribution is 0.114. The molecule has 2 rings (SSSR count). The van der Waals surface area contributed by atoms with E-state index in [1.54, 1.807) is 0 Å². The summed E-state index contributed by atoms with van der Waals surface area (Å²) in [4.78, 5) is 4.19. The molecule has 1 aromatic rings. The van der Waals surface area contributed by atoms with Crippen molar-refractivity contribution in [3.05, 3.63) is 23.9 Å². The quantitative estimate of drug-likeness (QED) is 0.764. The van der Waals surface area contributed by atoms with Crippen LogP contribution in [0.3, 0.4) is 0 Å². The summed E-state index contributed by atoms with van der Waals surface area (Å²) in [6.07, 6.45) is 6.99. The third-order valence-corrected chi connectivity index (χ3v) is 2.55. The van der Waals surface area contributed by atoms with Gasteiger partial charge in [0.15, 0.2) is 0 Å². The number of aromatic nitrogens is 1. The lowest BCUT2D eigenvalue weighted by Gasteiger charge is -2.25. The molecule has 1 aromatic heterocycles. The van der Waals surface area contributed by atoms with Gasteiger partial charge in [0.05, 0.1) is 0 Å². The second-order valence-corrected chi connectivity index (χ2v) is 3.53. The van der Waals surface area contributed by atoms with Crippen LogP contribution in [0.25, 0.3) is 0 Å². The van der Waals surface area contributed by atoms with E-state index in [-0.39, 0.29) is 0 Å². The molecule has 0 spiro atoms. The van der Waals surface area contributed by atoms with E-state index < -0.39 is 0 Å². The van der Waals surface area contributed by atoms with Crippen LogP contribution in [0.1, 0.15) is 59.4 Å². The first-order chi connectivity index (χ1) is 8.38. The summed E-state index contributed by atoms with van der Waals surface area (Å²) in [5.41, 5.74) is 1.30. The Bertz CT molecular complexity index is 282. The number of rotatable bonds is 3. The first-order valence-electron chi connectivity index (χ1n) is 7.00. The van der Waals surface area contributed by atoms with E-state index in [1.807, 2.05) is 46.0 Å². The molecule has 0 atom stereocenters. The van der Waals surface area contributed by atoms with Crippen molar-refractivity contribution in [3.63, 3.8) is 0 Å². The number of nitrogens with zero attached hydrogens (tertiary/aromatic N) is 1. The van der Waals surface area contributed by atoms with Crippen LogP contribution in [0.15, 0.2) is 18.3 Å². The minimum atomic E-state index is 0.430. The number of hydrogen-bond donors (Lipinski definition) is 0. The second kappa shape index (κ2) is 10.1. The maximum atomic E-state index is 5.68. The van der Waals surface area contributed by atoms with E-state index in [9.17, 15) is 0 Å². The summed E-state index contributed by atoms with van der Waals surface area (Å²) in [5, 5.41) is 0. The molecule has 1 saturated carbocycles. The Balaban J connectivity index is 0.000000581. The fourth-order valence-corrected chi connectivity index (χ4v) is 1.39. The highest BCUT2D eigenvalue weighted by Gasteiger charge is 2.19. The average Bonchev–Trinajstić information content (AvgIpc) is 2.39. The van der Waals surface area contributed by atoms with Gasteiger partial charge in [-0.05, 0) is 37.3 Å². The Labute approximate surface area is 106 Å². The third kappa shape index (κ3) is 5.71. The highest BCUT2D eigenvalue weighted by Crippen LogP contribution is 2.24. The van der Waals surface area contributed by atoms with Gasteiger partial charge in [-0.3, -0.25) is 0 Å². The van der Waals surface area contributed by atoms with Crippen molar-refractivity contribution in [1.82, 2.24) is 4.98 Å². The van der Waals surface area contributed by atoms with Crippen molar-refractivity contribution >= 4 is 0 Å². The van der Waals surface area contributed by atoms with Gasteiger partial charge in [0, 0.05) is 12.3 Å². The van der Waals surface area contributed by atoms with Gasteiger partial charge in [0.2, 0.25) is 5.88 Å². The fourth-order valence-electron chi connectivity index (χ4n) is 1.39. The van der Waals surface area contributed by atoms with Crippen LogP contribution >= 0.6 is 0 Å². The zero-order valence-corrected chi connectivity index (χ0v) is 12.0. The summed E-state index contributed by atoms with van der Waals surface area (Å²) in [6, 6.07) is 4.08. The minimum absolute atomic E-state index is 0.430. The molecule has 0 N–H and O–H groups in total. The molecule has 1 aliphatic carbocycles. The molecule has 0 amide bonds. The van der Waals surface area contributed by atoms with Crippen molar-refractivity contribution in [3.8, 4) is 5.88 Å². The van der Waals surface area contributed by atoms with Crippen LogP contribution in [0.2, 0.25) is 0 Å². The van der Waals surface area contributed by atoms with Crippen molar-refractivity contribution in [2.75, 3.05) is 0 Å². The molecule has 0 saturated heterocycles. The SMILES string of the molecule is CC.CC.CCc1ccnc(OC2CCC2)c1. The van der Waals surface area contributed by atoms with E-state index in [0.29, 0.717) is 6.10 Å². The highest BCUT2D eigenvalue weighted by molar-refractivity contribution is 5.20. The topological polar surface area (TPSA) is 22.1 Å². The van der Waals surface area contributed by atoms with Gasteiger partial charge in [-0.1, -0.05) is 34.6 Å². The van der Waals surface area contributed by atoms with Crippen LogP contribution in [0.5, 0.6) is 5.88 Å². The van der Waals surface area contributed by atoms with E-state index >= 15 is 0 Å². The maximum Gasteiger partial charge on any atom is 0.213 e. The molecular weight excluding hydrogens is 210 g/mol. The Morgan fingerprint density at radius 1 is 1.24 bits per heavy atom. The van der Waals surface area contributed by atoms with Crippen molar-refractivity contribution in [2.24, 2.45) is 0 Å². The zero-order chi connectivity index (χ0) is 13.1. The average molecular weight is 237 g/mol. The van der Waals surface area contributed by atoms with Gasteiger partial charge >= 0.3 is 0 Å². The largest absolute Gasteiger partial charge is 0.474 e. The summed E-state index contributed by atoms with van der Waals surface area (Å²) in [6.45, 7) is 10.1. The summed E-state index contributed by atoms with van der Waals surface area (Å²) in [5.74, 6) is 0.795. The molecular formula is C15H27NO. The number of pyridine rings is 1. The van der Waals surface area contributed by atoms with E-state index in [1.165, 1.54) is 24.8 Å². The van der Waals surface area contributed by atoms with Gasteiger partial charge in [-0.25, -0.2) is 4.98 Å². The normalized spacial score (nSPS) is 13.5. The molecule has 98 valence electrons. The van der Waals surface area contributed by atoms with Gasteiger partial charge in [0.25, 0.3) is 0 Å². The van der Waals surface area contributed by atoms with Crippen LogP contribution in [-0.2, 0) is 6.42 Å². The monoisotopic (exact) mass is 237 g/mol. The molecule has 0 bridgehead atoms. The predicted octanol–water partition coefficient (Wildman–Crippen LogP) is 4.63. The van der Waals surface area contributed by atoms with Crippen LogP contribution in [0, 0.1) is 0 Å². The Morgan fingerprint density at radius 3 is 2.35 bits per heavy atom. The van der Waals surface area contributed by atoms with E-state index in [4.69, 9.17) is 4.74 Å². The third-order valence-electron chi connectivity index (χ3n) is 2.55. The molecule has 1 fully saturated rings. The lowest BCUT2D eigenvalue weighted by Crippen LogP contribution is -2.24. The Morgan fingerprint density at radius 2 is 1.88 bits per heavy atom. The number of hydrogen-bond acceptors (Lipinski definition) is 2. The fraction of sp³-hybridized carbons (Fsp3) is 0.667. The minimum Gasteiger partial charge on any atom is -0.474 e. The molecule has 2 nitrogen and oxygen atoms in total. The van der Waals surface area contributed by atoms with Gasteiger partial charge < -0.3 is 4.74 Å². The molecule has 1 aliphatic rings. The Hall–Kier alpha value is -1.05. The van der Waals surface area contributed by atoms with E-state index in [0.717, 1.165) is 12.3 Å². The van der Waals surface area contributed by atoms with Crippen LogP contribution in [0.4, 0.5) is 0 Å². The van der Waals surface area contributed by atoms with Gasteiger partial charge in [-0.2, -0.15) is 0 Å². The second-order valence-electron chi connectivity index (χ2n) is 3.53. The predicted molar refractivity (Wildman–Crippen MR) is 74.6 cm³/mol. The lowest BCUT2D eigenvalue weighted by atomic mass is 9.96. The van der Waals surface area contributed by atoms with Crippen molar-refractivity contribution in [2.45, 2.75) is 66.4 Å². The number of aryl methyl sites for hydroxylation is 1. The first-order valence-corrected chi connectivity index (χ1v) is 7.00. The first kappa shape index (κ1) is 16.0. The van der Waals surface area contributed by atoms with Crippen molar-refractivity contribution < 1.29 is 4.74 Å². The molecule has 0 radical (unpaired) electrons. The molecule has 2 heteroatoms. The summed E-state index contributed by atoms with van der Waals surface area (Å²) >= 11 is 0. The molecule has 0 unspecified atom stereocenters. The van der Waals surface area contributed by atoms with Gasteiger partial charge in [-0.15, -0.1) is 0 Å².